The SMILES string of the molecule is NC(=O)CC[C@@H]1CCCN(C(=O)C2(c3cccs3)CCCCC2)C1. The Hall–Kier alpha value is -1.36. The molecular weight excluding hydrogens is 320 g/mol. The van der Waals surface area contributed by atoms with Crippen molar-refractivity contribution in [2.45, 2.75) is 63.2 Å². The number of nitrogens with two attached hydrogens (primary N) is 1. The molecule has 5 heteroatoms. The number of amides is 2. The molecule has 2 aliphatic rings. The van der Waals surface area contributed by atoms with Gasteiger partial charge in [0.1, 0.15) is 0 Å². The number of hydrogen-bond donors (Lipinski definition) is 1. The Balaban J connectivity index is 1.74. The number of carbonyl (C=O) groups excluding carboxylic acids is 2. The lowest BCUT2D eigenvalue weighted by atomic mass is 9.71. The van der Waals surface area contributed by atoms with Gasteiger partial charge in [0.15, 0.2) is 0 Å². The molecule has 4 nitrogen and oxygen atoms in total. The molecule has 1 saturated heterocycles. The highest BCUT2D eigenvalue weighted by atomic mass is 32.1. The van der Waals surface area contributed by atoms with Gasteiger partial charge in [-0.25, -0.2) is 0 Å². The molecule has 0 aromatic carbocycles. The number of rotatable bonds is 5. The number of thiophene rings is 1. The summed E-state index contributed by atoms with van der Waals surface area (Å²) in [5.41, 5.74) is 4.99. The Morgan fingerprint density at radius 3 is 2.71 bits per heavy atom. The fraction of sp³-hybridized carbons (Fsp3) is 0.684. The summed E-state index contributed by atoms with van der Waals surface area (Å²) in [6, 6.07) is 4.21. The summed E-state index contributed by atoms with van der Waals surface area (Å²) in [5, 5.41) is 2.09. The Kier molecular flexibility index (Phi) is 5.59. The molecule has 1 aliphatic carbocycles. The van der Waals surface area contributed by atoms with E-state index in [1.165, 1.54) is 11.3 Å². The van der Waals surface area contributed by atoms with Gasteiger partial charge in [-0.3, -0.25) is 9.59 Å². The zero-order valence-corrected chi connectivity index (χ0v) is 15.2. The highest BCUT2D eigenvalue weighted by Crippen LogP contribution is 2.43. The molecule has 132 valence electrons. The summed E-state index contributed by atoms with van der Waals surface area (Å²) in [4.78, 5) is 27.9. The smallest absolute Gasteiger partial charge is 0.234 e. The number of carbonyl (C=O) groups is 2. The van der Waals surface area contributed by atoms with Crippen molar-refractivity contribution in [3.8, 4) is 0 Å². The number of nitrogens with zero attached hydrogens (tertiary/aromatic N) is 1. The number of primary amides is 1. The molecule has 2 amide bonds. The fourth-order valence-electron chi connectivity index (χ4n) is 4.41. The van der Waals surface area contributed by atoms with Crippen molar-refractivity contribution in [1.82, 2.24) is 4.90 Å². The lowest BCUT2D eigenvalue weighted by Crippen LogP contribution is -2.51. The molecule has 24 heavy (non-hydrogen) atoms. The van der Waals surface area contributed by atoms with Gasteiger partial charge < -0.3 is 10.6 Å². The number of likely N-dealkylation sites (tertiary alicyclic amines) is 1. The average molecular weight is 349 g/mol. The molecule has 1 aliphatic heterocycles. The molecule has 2 heterocycles. The van der Waals surface area contributed by atoms with Gasteiger partial charge >= 0.3 is 0 Å². The summed E-state index contributed by atoms with van der Waals surface area (Å²) in [6.45, 7) is 1.65. The minimum absolute atomic E-state index is 0.235. The van der Waals surface area contributed by atoms with E-state index in [2.05, 4.69) is 22.4 Å². The predicted molar refractivity (Wildman–Crippen MR) is 96.8 cm³/mol. The summed E-state index contributed by atoms with van der Waals surface area (Å²) in [6.07, 6.45) is 8.86. The zero-order chi connectivity index (χ0) is 17.0. The van der Waals surface area contributed by atoms with Gasteiger partial charge in [0.2, 0.25) is 11.8 Å². The third-order valence-electron chi connectivity index (χ3n) is 5.71. The minimum atomic E-state index is -0.294. The molecule has 1 atom stereocenters. The van der Waals surface area contributed by atoms with Crippen LogP contribution in [0.2, 0.25) is 0 Å². The lowest BCUT2D eigenvalue weighted by molar-refractivity contribution is -0.140. The van der Waals surface area contributed by atoms with Gasteiger partial charge in [0.25, 0.3) is 0 Å². The van der Waals surface area contributed by atoms with Gasteiger partial charge in [-0.2, -0.15) is 0 Å². The van der Waals surface area contributed by atoms with Gasteiger partial charge in [0, 0.05) is 24.4 Å². The van der Waals surface area contributed by atoms with E-state index < -0.39 is 0 Å². The van der Waals surface area contributed by atoms with Gasteiger partial charge in [0.05, 0.1) is 5.41 Å². The first kappa shape index (κ1) is 17.5. The second kappa shape index (κ2) is 7.68. The third kappa shape index (κ3) is 3.66. The Morgan fingerprint density at radius 2 is 2.04 bits per heavy atom. The Bertz CT molecular complexity index is 564. The van der Waals surface area contributed by atoms with Crippen LogP contribution >= 0.6 is 11.3 Å². The molecule has 0 bridgehead atoms. The predicted octanol–water partition coefficient (Wildman–Crippen LogP) is 3.45. The van der Waals surface area contributed by atoms with E-state index >= 15 is 0 Å². The maximum Gasteiger partial charge on any atom is 0.234 e. The molecule has 0 unspecified atom stereocenters. The van der Waals surface area contributed by atoms with Crippen LogP contribution < -0.4 is 5.73 Å². The summed E-state index contributed by atoms with van der Waals surface area (Å²) >= 11 is 1.73. The Labute approximate surface area is 148 Å². The van der Waals surface area contributed by atoms with Crippen LogP contribution in [0, 0.1) is 5.92 Å². The van der Waals surface area contributed by atoms with E-state index in [4.69, 9.17) is 5.73 Å². The molecule has 0 spiro atoms. The maximum absolute atomic E-state index is 13.5. The topological polar surface area (TPSA) is 63.4 Å². The first-order valence-electron chi connectivity index (χ1n) is 9.23. The van der Waals surface area contributed by atoms with E-state index in [-0.39, 0.29) is 11.3 Å². The fourth-order valence-corrected chi connectivity index (χ4v) is 5.38. The molecule has 2 fully saturated rings. The van der Waals surface area contributed by atoms with Crippen LogP contribution in [0.5, 0.6) is 0 Å². The van der Waals surface area contributed by atoms with Crippen LogP contribution in [0.1, 0.15) is 62.7 Å². The molecular formula is C19H28N2O2S. The van der Waals surface area contributed by atoms with Crippen LogP contribution in [-0.4, -0.2) is 29.8 Å². The van der Waals surface area contributed by atoms with Crippen molar-refractivity contribution in [1.29, 1.82) is 0 Å². The van der Waals surface area contributed by atoms with E-state index in [0.29, 0.717) is 18.2 Å². The molecule has 1 aromatic heterocycles. The maximum atomic E-state index is 13.5. The summed E-state index contributed by atoms with van der Waals surface area (Å²) < 4.78 is 0. The van der Waals surface area contributed by atoms with Crippen LogP contribution in [-0.2, 0) is 15.0 Å². The van der Waals surface area contributed by atoms with E-state index in [0.717, 1.165) is 58.0 Å². The lowest BCUT2D eigenvalue weighted by Gasteiger charge is -2.42. The van der Waals surface area contributed by atoms with Gasteiger partial charge in [-0.1, -0.05) is 25.3 Å². The first-order valence-corrected chi connectivity index (χ1v) is 10.1. The quantitative estimate of drug-likeness (QED) is 0.886. The van der Waals surface area contributed by atoms with Crippen LogP contribution in [0.4, 0.5) is 0 Å². The van der Waals surface area contributed by atoms with Crippen molar-refractivity contribution < 1.29 is 9.59 Å². The van der Waals surface area contributed by atoms with Crippen LogP contribution in [0.25, 0.3) is 0 Å². The standard InChI is InChI=1S/C19H28N2O2S/c20-17(22)9-8-15-6-4-12-21(14-15)18(23)19(10-2-1-3-11-19)16-7-5-13-24-16/h5,7,13,15H,1-4,6,8-12,14H2,(H2,20,22)/t15-/m0/s1. The summed E-state index contributed by atoms with van der Waals surface area (Å²) in [5.74, 6) is 0.508. The molecule has 3 rings (SSSR count). The minimum Gasteiger partial charge on any atom is -0.370 e. The van der Waals surface area contributed by atoms with Crippen molar-refractivity contribution in [2.75, 3.05) is 13.1 Å². The third-order valence-corrected chi connectivity index (χ3v) is 6.79. The van der Waals surface area contributed by atoms with E-state index in [1.807, 2.05) is 0 Å². The molecule has 1 saturated carbocycles. The Morgan fingerprint density at radius 1 is 1.25 bits per heavy atom. The van der Waals surface area contributed by atoms with Crippen LogP contribution in [0.15, 0.2) is 17.5 Å². The zero-order valence-electron chi connectivity index (χ0n) is 14.3. The van der Waals surface area contributed by atoms with E-state index in [1.54, 1.807) is 11.3 Å². The van der Waals surface area contributed by atoms with Crippen molar-refractivity contribution >= 4 is 23.2 Å². The molecule has 0 radical (unpaired) electrons. The monoisotopic (exact) mass is 348 g/mol. The van der Waals surface area contributed by atoms with Gasteiger partial charge in [-0.05, 0) is 49.5 Å². The highest BCUT2D eigenvalue weighted by Gasteiger charge is 2.44. The van der Waals surface area contributed by atoms with Crippen molar-refractivity contribution in [2.24, 2.45) is 11.7 Å². The van der Waals surface area contributed by atoms with Crippen molar-refractivity contribution in [3.63, 3.8) is 0 Å². The second-order valence-corrected chi connectivity index (χ2v) is 8.33. The van der Waals surface area contributed by atoms with Crippen molar-refractivity contribution in [3.05, 3.63) is 22.4 Å². The summed E-state index contributed by atoms with van der Waals surface area (Å²) in [7, 11) is 0. The second-order valence-electron chi connectivity index (χ2n) is 7.38. The number of piperidine rings is 1. The molecule has 2 N–H and O–H groups in total. The number of hydrogen-bond acceptors (Lipinski definition) is 3. The van der Waals surface area contributed by atoms with E-state index in [9.17, 15) is 9.59 Å². The molecule has 1 aromatic rings. The largest absolute Gasteiger partial charge is 0.370 e. The highest BCUT2D eigenvalue weighted by molar-refractivity contribution is 7.10. The van der Waals surface area contributed by atoms with Crippen LogP contribution in [0.3, 0.4) is 0 Å². The van der Waals surface area contributed by atoms with Gasteiger partial charge in [-0.15, -0.1) is 11.3 Å². The first-order chi connectivity index (χ1) is 11.6. The average Bonchev–Trinajstić information content (AvgIpc) is 3.15. The normalized spacial score (nSPS) is 23.8.